The second kappa shape index (κ2) is 5.81. The van der Waals surface area contributed by atoms with Crippen LogP contribution in [0.15, 0.2) is 12.5 Å². The number of aliphatic hydroxyl groups excluding tert-OH is 1. The molecule has 1 aliphatic heterocycles. The summed E-state index contributed by atoms with van der Waals surface area (Å²) in [5, 5.41) is 9.21. The van der Waals surface area contributed by atoms with Crippen LogP contribution in [0, 0.1) is 12.3 Å². The van der Waals surface area contributed by atoms with Crippen LogP contribution >= 0.6 is 0 Å². The van der Waals surface area contributed by atoms with Crippen LogP contribution in [0.5, 0.6) is 0 Å². The number of hydrogen-bond acceptors (Lipinski definition) is 3. The van der Waals surface area contributed by atoms with Gasteiger partial charge in [0.15, 0.2) is 0 Å². The predicted octanol–water partition coefficient (Wildman–Crippen LogP) is 2.09. The molecule has 0 bridgehead atoms. The van der Waals surface area contributed by atoms with Crippen molar-refractivity contribution in [2.75, 3.05) is 19.7 Å². The monoisotopic (exact) mass is 333 g/mol. The van der Waals surface area contributed by atoms with Crippen LogP contribution in [0.1, 0.15) is 32.4 Å². The first kappa shape index (κ1) is 17.8. The number of carbonyl (C=O) groups excluding carboxylic acids is 1. The van der Waals surface area contributed by atoms with Gasteiger partial charge in [-0.15, -0.1) is 0 Å². The highest BCUT2D eigenvalue weighted by atomic mass is 19.4. The summed E-state index contributed by atoms with van der Waals surface area (Å²) < 4.78 is 41.1. The van der Waals surface area contributed by atoms with Crippen LogP contribution in [-0.4, -0.2) is 51.3 Å². The smallest absolute Gasteiger partial charge is 0.395 e. The van der Waals surface area contributed by atoms with Crippen LogP contribution in [0.25, 0.3) is 0 Å². The second-order valence-electron chi connectivity index (χ2n) is 6.71. The lowest BCUT2D eigenvalue weighted by atomic mass is 9.78. The number of carbonyl (C=O) groups is 1. The molecule has 0 radical (unpaired) electrons. The van der Waals surface area contributed by atoms with E-state index in [1.807, 2.05) is 0 Å². The molecule has 1 aliphatic rings. The average Bonchev–Trinajstić information content (AvgIpc) is 2.92. The predicted molar refractivity (Wildman–Crippen MR) is 77.7 cm³/mol. The number of aryl methyl sites for hydroxylation is 1. The summed E-state index contributed by atoms with van der Waals surface area (Å²) in [6.07, 6.45) is -1.75. The molecule has 0 spiro atoms. The molecule has 2 rings (SSSR count). The second-order valence-corrected chi connectivity index (χ2v) is 6.71. The number of alkyl halides is 3. The molecule has 8 heteroatoms. The minimum Gasteiger partial charge on any atom is -0.395 e. The zero-order chi connectivity index (χ0) is 17.5. The lowest BCUT2D eigenvalue weighted by Crippen LogP contribution is -2.55. The third-order valence-electron chi connectivity index (χ3n) is 4.79. The number of nitrogens with zero attached hydrogens (tertiary/aromatic N) is 3. The molecule has 130 valence electrons. The molecule has 0 aliphatic carbocycles. The van der Waals surface area contributed by atoms with Crippen molar-refractivity contribution < 1.29 is 23.1 Å². The van der Waals surface area contributed by atoms with Crippen molar-refractivity contribution in [2.24, 2.45) is 5.41 Å². The third kappa shape index (κ3) is 3.08. The minimum atomic E-state index is -4.46. The van der Waals surface area contributed by atoms with Gasteiger partial charge in [0.25, 0.3) is 0 Å². The number of amides is 1. The van der Waals surface area contributed by atoms with Crippen molar-refractivity contribution in [1.29, 1.82) is 0 Å². The van der Waals surface area contributed by atoms with E-state index in [0.717, 1.165) is 5.69 Å². The molecular formula is C15H22F3N3O2. The fourth-order valence-corrected chi connectivity index (χ4v) is 2.89. The quantitative estimate of drug-likeness (QED) is 0.921. The normalized spacial score (nSPS) is 19.0. The molecule has 0 aromatic carbocycles. The van der Waals surface area contributed by atoms with Crippen molar-refractivity contribution >= 4 is 5.91 Å². The fraction of sp³-hybridized carbons (Fsp3) is 0.733. The maximum absolute atomic E-state index is 13.2. The van der Waals surface area contributed by atoms with Crippen LogP contribution < -0.4 is 0 Å². The Bertz CT molecular complexity index is 573. The minimum absolute atomic E-state index is 0.0178. The third-order valence-corrected chi connectivity index (χ3v) is 4.79. The van der Waals surface area contributed by atoms with Gasteiger partial charge < -0.3 is 14.6 Å². The maximum atomic E-state index is 13.2. The number of rotatable bonds is 3. The van der Waals surface area contributed by atoms with Gasteiger partial charge in [0, 0.05) is 19.3 Å². The average molecular weight is 333 g/mol. The first-order chi connectivity index (χ1) is 10.5. The van der Waals surface area contributed by atoms with E-state index in [4.69, 9.17) is 0 Å². The summed E-state index contributed by atoms with van der Waals surface area (Å²) in [4.78, 5) is 18.2. The number of aliphatic hydroxyl groups is 1. The first-order valence-corrected chi connectivity index (χ1v) is 7.51. The van der Waals surface area contributed by atoms with E-state index in [1.165, 1.54) is 4.90 Å². The molecule has 0 unspecified atom stereocenters. The summed E-state index contributed by atoms with van der Waals surface area (Å²) in [6.45, 7) is 4.26. The lowest BCUT2D eigenvalue weighted by Gasteiger charge is -2.43. The number of halogens is 3. The Morgan fingerprint density at radius 3 is 2.30 bits per heavy atom. The van der Waals surface area contributed by atoms with Gasteiger partial charge in [-0.3, -0.25) is 4.79 Å². The van der Waals surface area contributed by atoms with E-state index in [0.29, 0.717) is 0 Å². The summed E-state index contributed by atoms with van der Waals surface area (Å²) >= 11 is 0. The van der Waals surface area contributed by atoms with E-state index >= 15 is 0 Å². The first-order valence-electron chi connectivity index (χ1n) is 7.51. The molecule has 23 heavy (non-hydrogen) atoms. The molecule has 1 aromatic heterocycles. The highest BCUT2D eigenvalue weighted by molar-refractivity contribution is 5.83. The molecular weight excluding hydrogens is 311 g/mol. The molecule has 2 heterocycles. The number of imidazole rings is 1. The highest BCUT2D eigenvalue weighted by Gasteiger charge is 2.56. The van der Waals surface area contributed by atoms with E-state index in [-0.39, 0.29) is 31.8 Å². The molecule has 0 atom stereocenters. The van der Waals surface area contributed by atoms with Crippen molar-refractivity contribution in [3.05, 3.63) is 18.2 Å². The highest BCUT2D eigenvalue weighted by Crippen LogP contribution is 2.46. The van der Waals surface area contributed by atoms with Gasteiger partial charge in [0.05, 0.1) is 24.0 Å². The summed E-state index contributed by atoms with van der Waals surface area (Å²) in [5.74, 6) is -0.247. The molecule has 5 nitrogen and oxygen atoms in total. The van der Waals surface area contributed by atoms with Gasteiger partial charge in [-0.25, -0.2) is 4.98 Å². The van der Waals surface area contributed by atoms with Crippen LogP contribution in [0.2, 0.25) is 0 Å². The molecule has 1 fully saturated rings. The summed E-state index contributed by atoms with van der Waals surface area (Å²) in [7, 11) is 0. The Hall–Kier alpha value is -1.57. The molecule has 1 amide bonds. The fourth-order valence-electron chi connectivity index (χ4n) is 2.89. The zero-order valence-electron chi connectivity index (χ0n) is 13.5. The van der Waals surface area contributed by atoms with Gasteiger partial charge in [-0.05, 0) is 33.6 Å². The zero-order valence-corrected chi connectivity index (χ0v) is 13.5. The maximum Gasteiger partial charge on any atom is 0.396 e. The summed E-state index contributed by atoms with van der Waals surface area (Å²) in [5.41, 5.74) is -2.25. The Kier molecular flexibility index (Phi) is 4.49. The number of piperidine rings is 1. The molecule has 0 saturated carbocycles. The number of hydrogen-bond donors (Lipinski definition) is 1. The van der Waals surface area contributed by atoms with Crippen molar-refractivity contribution in [2.45, 2.75) is 45.3 Å². The van der Waals surface area contributed by atoms with E-state index in [1.54, 1.807) is 37.9 Å². The number of aromatic nitrogens is 2. The Labute approximate surface area is 133 Å². The number of likely N-dealkylation sites (tertiary alicyclic amines) is 1. The Balaban J connectivity index is 2.12. The van der Waals surface area contributed by atoms with Gasteiger partial charge in [-0.2, -0.15) is 13.2 Å². The van der Waals surface area contributed by atoms with Crippen LogP contribution in [0.4, 0.5) is 13.2 Å². The van der Waals surface area contributed by atoms with Crippen LogP contribution in [0.3, 0.4) is 0 Å². The van der Waals surface area contributed by atoms with Gasteiger partial charge in [0.2, 0.25) is 5.91 Å². The van der Waals surface area contributed by atoms with Crippen molar-refractivity contribution in [3.8, 4) is 0 Å². The molecule has 1 N–H and O–H groups in total. The van der Waals surface area contributed by atoms with E-state index in [9.17, 15) is 23.1 Å². The topological polar surface area (TPSA) is 58.4 Å². The standard InChI is InChI=1S/C15H22F3N3O2/c1-11-8-21(10-19-11)13(2,3)12(23)20-6-4-14(9-22,5-7-20)15(16,17)18/h8,10,22H,4-7,9H2,1-3H3. The summed E-state index contributed by atoms with van der Waals surface area (Å²) in [6, 6.07) is 0. The van der Waals surface area contributed by atoms with Gasteiger partial charge in [0.1, 0.15) is 5.54 Å². The van der Waals surface area contributed by atoms with Gasteiger partial charge >= 0.3 is 6.18 Å². The molecule has 1 aromatic rings. The lowest BCUT2D eigenvalue weighted by molar-refractivity contribution is -0.249. The molecule has 1 saturated heterocycles. The Morgan fingerprint density at radius 2 is 1.91 bits per heavy atom. The van der Waals surface area contributed by atoms with Crippen LogP contribution in [-0.2, 0) is 10.3 Å². The largest absolute Gasteiger partial charge is 0.396 e. The SMILES string of the molecule is Cc1cn(C(C)(C)C(=O)N2CCC(CO)(C(F)(F)F)CC2)cn1. The van der Waals surface area contributed by atoms with E-state index in [2.05, 4.69) is 4.98 Å². The van der Waals surface area contributed by atoms with E-state index < -0.39 is 23.7 Å². The van der Waals surface area contributed by atoms with Crippen molar-refractivity contribution in [1.82, 2.24) is 14.5 Å². The van der Waals surface area contributed by atoms with Crippen molar-refractivity contribution in [3.63, 3.8) is 0 Å². The Morgan fingerprint density at radius 1 is 1.35 bits per heavy atom. The van der Waals surface area contributed by atoms with Gasteiger partial charge in [-0.1, -0.05) is 0 Å².